The van der Waals surface area contributed by atoms with Gasteiger partial charge < -0.3 is 14.2 Å². The molecule has 0 fully saturated rings. The molecule has 3 nitrogen and oxygen atoms in total. The Morgan fingerprint density at radius 3 is 0.906 bits per heavy atom. The molecule has 0 aromatic carbocycles. The molecule has 32 heavy (non-hydrogen) atoms. The highest BCUT2D eigenvalue weighted by Gasteiger charge is 2.39. The fraction of sp³-hybridized carbons (Fsp3) is 1.00. The summed E-state index contributed by atoms with van der Waals surface area (Å²) in [4.78, 5) is 0. The molecule has 0 amide bonds. The number of hydrogen-bond acceptors (Lipinski definition) is 3. The minimum absolute atomic E-state index is 0.311. The zero-order chi connectivity index (χ0) is 23.8. The molecule has 0 aliphatic heterocycles. The Balaban J connectivity index is 3.84. The molecule has 1 atom stereocenters. The first-order valence-electron chi connectivity index (χ1n) is 14.4. The molecule has 0 saturated heterocycles. The molecule has 0 aromatic heterocycles. The van der Waals surface area contributed by atoms with E-state index in [-0.39, 0.29) is 0 Å². The summed E-state index contributed by atoms with van der Waals surface area (Å²) < 4.78 is 17.1. The number of ether oxygens (including phenoxy) is 3. The van der Waals surface area contributed by atoms with E-state index in [0.29, 0.717) is 5.92 Å². The summed E-state index contributed by atoms with van der Waals surface area (Å²) in [5, 5.41) is 0. The number of unbranched alkanes of at least 4 members (excludes halogenated alkanes) is 18. The van der Waals surface area contributed by atoms with E-state index >= 15 is 0 Å². The van der Waals surface area contributed by atoms with Crippen LogP contribution in [0.5, 0.6) is 0 Å². The van der Waals surface area contributed by atoms with Crippen molar-refractivity contribution in [2.24, 2.45) is 5.92 Å². The molecule has 194 valence electrons. The molecule has 0 aromatic rings. The van der Waals surface area contributed by atoms with E-state index < -0.39 is 5.97 Å². The highest BCUT2D eigenvalue weighted by atomic mass is 16.9. The van der Waals surface area contributed by atoms with E-state index in [4.69, 9.17) is 14.2 Å². The molecule has 3 heteroatoms. The molecule has 0 aliphatic rings. The maximum atomic E-state index is 5.71. The van der Waals surface area contributed by atoms with Gasteiger partial charge in [0.05, 0.1) is 0 Å². The maximum absolute atomic E-state index is 5.71. The number of methoxy groups -OCH3 is 3. The smallest absolute Gasteiger partial charge is 0.285 e. The predicted molar refractivity (Wildman–Crippen MR) is 140 cm³/mol. The van der Waals surface area contributed by atoms with Crippen LogP contribution in [0.25, 0.3) is 0 Å². The van der Waals surface area contributed by atoms with Crippen LogP contribution in [0.2, 0.25) is 0 Å². The molecule has 0 heterocycles. The van der Waals surface area contributed by atoms with Gasteiger partial charge in [-0.3, -0.25) is 0 Å². The van der Waals surface area contributed by atoms with Gasteiger partial charge in [0.15, 0.2) is 0 Å². The molecule has 0 radical (unpaired) electrons. The van der Waals surface area contributed by atoms with Crippen LogP contribution in [0.15, 0.2) is 0 Å². The highest BCUT2D eigenvalue weighted by molar-refractivity contribution is 4.71. The monoisotopic (exact) mass is 456 g/mol. The van der Waals surface area contributed by atoms with Gasteiger partial charge in [0, 0.05) is 27.2 Å². The van der Waals surface area contributed by atoms with E-state index in [0.717, 1.165) is 12.8 Å². The Morgan fingerprint density at radius 2 is 0.656 bits per heavy atom. The Hall–Kier alpha value is -0.120. The van der Waals surface area contributed by atoms with Crippen LogP contribution in [0.3, 0.4) is 0 Å². The van der Waals surface area contributed by atoms with Crippen LogP contribution in [-0.2, 0) is 14.2 Å². The van der Waals surface area contributed by atoms with Crippen molar-refractivity contribution in [2.75, 3.05) is 21.3 Å². The normalized spacial score (nSPS) is 13.0. The third kappa shape index (κ3) is 16.5. The summed E-state index contributed by atoms with van der Waals surface area (Å²) in [6.45, 7) is 4.56. The van der Waals surface area contributed by atoms with Gasteiger partial charge in [0.1, 0.15) is 0 Å². The number of hydrogen-bond donors (Lipinski definition) is 0. The van der Waals surface area contributed by atoms with Crippen LogP contribution >= 0.6 is 0 Å². The molecule has 0 spiro atoms. The minimum atomic E-state index is -0.874. The summed E-state index contributed by atoms with van der Waals surface area (Å²) >= 11 is 0. The van der Waals surface area contributed by atoms with Crippen molar-refractivity contribution in [1.82, 2.24) is 0 Å². The zero-order valence-corrected chi connectivity index (χ0v) is 22.9. The van der Waals surface area contributed by atoms with Crippen molar-refractivity contribution in [3.8, 4) is 0 Å². The second-order valence-electron chi connectivity index (χ2n) is 9.85. The molecule has 0 aliphatic carbocycles. The lowest BCUT2D eigenvalue weighted by Gasteiger charge is -2.36. The second-order valence-corrected chi connectivity index (χ2v) is 9.85. The SMILES string of the molecule is CCCCCCCCCCCCCCCCCC(CCCCCCC)C(OC)(OC)OC. The first-order chi connectivity index (χ1) is 15.7. The van der Waals surface area contributed by atoms with Gasteiger partial charge in [-0.05, 0) is 12.8 Å². The topological polar surface area (TPSA) is 27.7 Å². The first kappa shape index (κ1) is 31.9. The van der Waals surface area contributed by atoms with Gasteiger partial charge in [-0.1, -0.05) is 142 Å². The quantitative estimate of drug-likeness (QED) is 0.0957. The lowest BCUT2D eigenvalue weighted by Crippen LogP contribution is -2.44. The van der Waals surface area contributed by atoms with Crippen LogP contribution in [-0.4, -0.2) is 27.3 Å². The average Bonchev–Trinajstić information content (AvgIpc) is 2.82. The second kappa shape index (κ2) is 24.0. The van der Waals surface area contributed by atoms with Gasteiger partial charge >= 0.3 is 0 Å². The largest absolute Gasteiger partial charge is 0.331 e. The van der Waals surface area contributed by atoms with Gasteiger partial charge in [-0.25, -0.2) is 0 Å². The molecule has 0 N–H and O–H groups in total. The molecule has 1 unspecified atom stereocenters. The molecule has 0 saturated carbocycles. The van der Waals surface area contributed by atoms with Crippen LogP contribution < -0.4 is 0 Å². The van der Waals surface area contributed by atoms with Crippen molar-refractivity contribution in [2.45, 2.75) is 161 Å². The average molecular weight is 457 g/mol. The highest BCUT2D eigenvalue weighted by Crippen LogP contribution is 2.33. The zero-order valence-electron chi connectivity index (χ0n) is 22.9. The van der Waals surface area contributed by atoms with Gasteiger partial charge in [-0.2, -0.15) is 0 Å². The van der Waals surface area contributed by atoms with Gasteiger partial charge in [-0.15, -0.1) is 0 Å². The van der Waals surface area contributed by atoms with Crippen LogP contribution in [0, 0.1) is 5.92 Å². The van der Waals surface area contributed by atoms with E-state index in [9.17, 15) is 0 Å². The number of rotatable bonds is 26. The Kier molecular flexibility index (Phi) is 23.9. The first-order valence-corrected chi connectivity index (χ1v) is 14.4. The van der Waals surface area contributed by atoms with Crippen molar-refractivity contribution >= 4 is 0 Å². The standard InChI is InChI=1S/C29H60O3/c1-6-8-10-12-13-14-15-16-17-18-19-20-21-23-25-27-28(26-24-22-11-9-7-2)29(30-3,31-4)32-5/h28H,6-27H2,1-5H3. The van der Waals surface area contributed by atoms with Gasteiger partial charge in [0.25, 0.3) is 5.97 Å². The summed E-state index contributed by atoms with van der Waals surface area (Å²) in [5.41, 5.74) is 0. The van der Waals surface area contributed by atoms with E-state index in [1.54, 1.807) is 21.3 Å². The minimum Gasteiger partial charge on any atom is -0.331 e. The van der Waals surface area contributed by atoms with Gasteiger partial charge in [0.2, 0.25) is 0 Å². The Bertz CT molecular complexity index is 346. The molecular weight excluding hydrogens is 396 g/mol. The fourth-order valence-corrected chi connectivity index (χ4v) is 5.00. The summed E-state index contributed by atoms with van der Waals surface area (Å²) in [6.07, 6.45) is 29.8. The third-order valence-electron chi connectivity index (χ3n) is 7.17. The molecular formula is C29H60O3. The van der Waals surface area contributed by atoms with Crippen molar-refractivity contribution in [1.29, 1.82) is 0 Å². The Labute approximate surface area is 202 Å². The van der Waals surface area contributed by atoms with Crippen LogP contribution in [0.4, 0.5) is 0 Å². The van der Waals surface area contributed by atoms with E-state index in [2.05, 4.69) is 13.8 Å². The third-order valence-corrected chi connectivity index (χ3v) is 7.17. The summed E-state index contributed by atoms with van der Waals surface area (Å²) in [7, 11) is 5.14. The van der Waals surface area contributed by atoms with Crippen molar-refractivity contribution in [3.63, 3.8) is 0 Å². The summed E-state index contributed by atoms with van der Waals surface area (Å²) in [6, 6.07) is 0. The molecule has 0 rings (SSSR count). The fourth-order valence-electron chi connectivity index (χ4n) is 5.00. The summed E-state index contributed by atoms with van der Waals surface area (Å²) in [5.74, 6) is -0.563. The predicted octanol–water partition coefficient (Wildman–Crippen LogP) is 9.82. The van der Waals surface area contributed by atoms with Crippen molar-refractivity contribution < 1.29 is 14.2 Å². The van der Waals surface area contributed by atoms with E-state index in [1.165, 1.54) is 128 Å². The Morgan fingerprint density at radius 1 is 0.406 bits per heavy atom. The van der Waals surface area contributed by atoms with Crippen molar-refractivity contribution in [3.05, 3.63) is 0 Å². The van der Waals surface area contributed by atoms with E-state index in [1.807, 2.05) is 0 Å². The van der Waals surface area contributed by atoms with Crippen LogP contribution in [0.1, 0.15) is 155 Å². The maximum Gasteiger partial charge on any atom is 0.285 e. The lowest BCUT2D eigenvalue weighted by atomic mass is 9.91. The molecule has 0 bridgehead atoms. The lowest BCUT2D eigenvalue weighted by molar-refractivity contribution is -0.380.